The fourth-order valence-electron chi connectivity index (χ4n) is 4.40. The summed E-state index contributed by atoms with van der Waals surface area (Å²) >= 11 is 1.53. The first-order valence-corrected chi connectivity index (χ1v) is 10.9. The quantitative estimate of drug-likeness (QED) is 0.709. The summed E-state index contributed by atoms with van der Waals surface area (Å²) in [4.78, 5) is 38.4. The highest BCUT2D eigenvalue weighted by Crippen LogP contribution is 2.40. The molecule has 1 atom stereocenters. The highest BCUT2D eigenvalue weighted by atomic mass is 32.1. The van der Waals surface area contributed by atoms with Crippen LogP contribution in [0.15, 0.2) is 24.0 Å². The second-order valence-corrected chi connectivity index (χ2v) is 8.45. The van der Waals surface area contributed by atoms with Crippen molar-refractivity contribution < 1.29 is 4.79 Å². The molecule has 0 unspecified atom stereocenters. The minimum Gasteiger partial charge on any atom is -0.340 e. The second kappa shape index (κ2) is 7.22. The number of thiazole rings is 1. The number of hydrogen-bond donors (Lipinski definition) is 1. The van der Waals surface area contributed by atoms with E-state index in [1.807, 2.05) is 12.4 Å². The topological polar surface area (TPSA) is 90.9 Å². The van der Waals surface area contributed by atoms with E-state index >= 15 is 0 Å². The molecule has 0 radical (unpaired) electrons. The van der Waals surface area contributed by atoms with E-state index in [0.29, 0.717) is 17.7 Å². The van der Waals surface area contributed by atoms with Crippen LogP contribution in [0.25, 0.3) is 22.4 Å². The highest BCUT2D eigenvalue weighted by Gasteiger charge is 2.41. The van der Waals surface area contributed by atoms with Crippen LogP contribution in [0.1, 0.15) is 39.0 Å². The normalized spacial score (nSPS) is 19.8. The van der Waals surface area contributed by atoms with Gasteiger partial charge in [0.05, 0.1) is 12.4 Å². The summed E-state index contributed by atoms with van der Waals surface area (Å²) < 4.78 is 0. The van der Waals surface area contributed by atoms with Crippen LogP contribution in [0.4, 0.5) is 11.5 Å². The maximum absolute atomic E-state index is 13.0. The van der Waals surface area contributed by atoms with Crippen molar-refractivity contribution in [3.05, 3.63) is 24.0 Å². The van der Waals surface area contributed by atoms with Gasteiger partial charge in [0.1, 0.15) is 17.4 Å². The third-order valence-corrected chi connectivity index (χ3v) is 6.64. The lowest BCUT2D eigenvalue weighted by Crippen LogP contribution is -2.55. The lowest BCUT2D eigenvalue weighted by atomic mass is 10.0. The molecule has 0 aromatic carbocycles. The van der Waals surface area contributed by atoms with Gasteiger partial charge >= 0.3 is 0 Å². The molecule has 0 bridgehead atoms. The van der Waals surface area contributed by atoms with Crippen LogP contribution in [0.2, 0.25) is 0 Å². The standard InChI is InChI=1S/C20H23N7OS/c1-3-14-20(28)26(2)15-11-23-16(25-18(15)27(14)12-6-4-5-7-12)13-10-22-17(24-13)19-21-8-9-29-19/h8-12,14H,3-7H2,1-2H3,(H,22,24)/t14-/m1/s1. The third-order valence-electron chi connectivity index (χ3n) is 5.86. The van der Waals surface area contributed by atoms with Crippen molar-refractivity contribution in [1.82, 2.24) is 24.9 Å². The summed E-state index contributed by atoms with van der Waals surface area (Å²) in [5.74, 6) is 2.26. The number of fused-ring (bicyclic) bond motifs is 1. The smallest absolute Gasteiger partial charge is 0.249 e. The Bertz CT molecular complexity index is 1030. The summed E-state index contributed by atoms with van der Waals surface area (Å²) in [6, 6.07) is 0.178. The zero-order chi connectivity index (χ0) is 20.0. The van der Waals surface area contributed by atoms with Crippen LogP contribution in [-0.4, -0.2) is 50.0 Å². The summed E-state index contributed by atoms with van der Waals surface area (Å²) in [7, 11) is 1.82. The fourth-order valence-corrected chi connectivity index (χ4v) is 4.98. The number of likely N-dealkylation sites (N-methyl/N-ethyl adjacent to an activating group) is 1. The van der Waals surface area contributed by atoms with Crippen molar-refractivity contribution in [3.63, 3.8) is 0 Å². The van der Waals surface area contributed by atoms with Crippen LogP contribution >= 0.6 is 11.3 Å². The molecule has 1 aliphatic carbocycles. The van der Waals surface area contributed by atoms with Gasteiger partial charge in [0.25, 0.3) is 0 Å². The molecule has 3 aromatic rings. The molecule has 4 heterocycles. The molecule has 0 spiro atoms. The highest BCUT2D eigenvalue weighted by molar-refractivity contribution is 7.13. The van der Waals surface area contributed by atoms with Gasteiger partial charge < -0.3 is 14.8 Å². The van der Waals surface area contributed by atoms with Crippen molar-refractivity contribution in [2.24, 2.45) is 0 Å². The first kappa shape index (κ1) is 18.2. The predicted molar refractivity (Wildman–Crippen MR) is 113 cm³/mol. The Balaban J connectivity index is 1.58. The van der Waals surface area contributed by atoms with Crippen LogP contribution in [-0.2, 0) is 4.79 Å². The Hall–Kier alpha value is -2.81. The van der Waals surface area contributed by atoms with Gasteiger partial charge in [-0.15, -0.1) is 11.3 Å². The van der Waals surface area contributed by atoms with Gasteiger partial charge in [-0.3, -0.25) is 4.79 Å². The van der Waals surface area contributed by atoms with Crippen molar-refractivity contribution in [2.45, 2.75) is 51.1 Å². The van der Waals surface area contributed by atoms with Crippen LogP contribution in [0.5, 0.6) is 0 Å². The van der Waals surface area contributed by atoms with Crippen molar-refractivity contribution in [1.29, 1.82) is 0 Å². The number of rotatable bonds is 4. The van der Waals surface area contributed by atoms with E-state index in [1.165, 1.54) is 24.2 Å². The fraction of sp³-hybridized carbons (Fsp3) is 0.450. The van der Waals surface area contributed by atoms with Gasteiger partial charge in [0, 0.05) is 24.7 Å². The molecule has 1 N–H and O–H groups in total. The molecule has 1 amide bonds. The zero-order valence-corrected chi connectivity index (χ0v) is 17.3. The number of carbonyl (C=O) groups excluding carboxylic acids is 1. The summed E-state index contributed by atoms with van der Waals surface area (Å²) in [5, 5.41) is 2.75. The molecule has 0 saturated heterocycles. The van der Waals surface area contributed by atoms with E-state index in [2.05, 4.69) is 31.8 Å². The maximum Gasteiger partial charge on any atom is 0.249 e. The van der Waals surface area contributed by atoms with Crippen LogP contribution in [0.3, 0.4) is 0 Å². The van der Waals surface area contributed by atoms with E-state index in [4.69, 9.17) is 4.98 Å². The Labute approximate surface area is 173 Å². The van der Waals surface area contributed by atoms with Gasteiger partial charge in [-0.25, -0.2) is 19.9 Å². The number of nitrogens with one attached hydrogen (secondary N) is 1. The van der Waals surface area contributed by atoms with Crippen molar-refractivity contribution in [3.8, 4) is 22.4 Å². The molecule has 5 rings (SSSR count). The number of H-pyrrole nitrogens is 1. The number of carbonyl (C=O) groups is 1. The molecule has 1 fully saturated rings. The molecule has 150 valence electrons. The second-order valence-electron chi connectivity index (χ2n) is 7.55. The zero-order valence-electron chi connectivity index (χ0n) is 16.5. The number of anilines is 2. The molecule has 1 aliphatic heterocycles. The predicted octanol–water partition coefficient (Wildman–Crippen LogP) is 3.49. The van der Waals surface area contributed by atoms with Gasteiger partial charge in [-0.1, -0.05) is 19.8 Å². The number of aromatic amines is 1. The average Bonchev–Trinajstić information content (AvgIpc) is 3.51. The van der Waals surface area contributed by atoms with E-state index in [9.17, 15) is 4.79 Å². The molecule has 2 aliphatic rings. The van der Waals surface area contributed by atoms with Crippen LogP contribution in [0, 0.1) is 0 Å². The van der Waals surface area contributed by atoms with E-state index in [1.54, 1.807) is 23.5 Å². The third kappa shape index (κ3) is 3.00. The van der Waals surface area contributed by atoms with Crippen molar-refractivity contribution in [2.75, 3.05) is 16.8 Å². The number of hydrogen-bond acceptors (Lipinski definition) is 7. The van der Waals surface area contributed by atoms with Gasteiger partial charge in [-0.05, 0) is 19.3 Å². The first-order valence-electron chi connectivity index (χ1n) is 10.1. The number of amides is 1. The largest absolute Gasteiger partial charge is 0.340 e. The van der Waals surface area contributed by atoms with E-state index in [0.717, 1.165) is 41.5 Å². The van der Waals surface area contributed by atoms with Gasteiger partial charge in [-0.2, -0.15) is 0 Å². The Morgan fingerprint density at radius 2 is 2.03 bits per heavy atom. The SMILES string of the molecule is CC[C@@H]1C(=O)N(C)c2cnc(-c3cnc(-c4nccs4)[nH]3)nc2N1C1CCCC1. The van der Waals surface area contributed by atoms with Gasteiger partial charge in [0.2, 0.25) is 5.91 Å². The molecule has 9 heteroatoms. The number of aromatic nitrogens is 5. The van der Waals surface area contributed by atoms with E-state index < -0.39 is 0 Å². The molecule has 29 heavy (non-hydrogen) atoms. The molecule has 8 nitrogen and oxygen atoms in total. The van der Waals surface area contributed by atoms with Gasteiger partial charge in [0.15, 0.2) is 22.5 Å². The number of nitrogens with zero attached hydrogens (tertiary/aromatic N) is 6. The monoisotopic (exact) mass is 409 g/mol. The Morgan fingerprint density at radius 3 is 2.76 bits per heavy atom. The Morgan fingerprint density at radius 1 is 1.21 bits per heavy atom. The van der Waals surface area contributed by atoms with E-state index in [-0.39, 0.29) is 11.9 Å². The average molecular weight is 410 g/mol. The minimum atomic E-state index is -0.175. The Kier molecular flexibility index (Phi) is 4.54. The molecule has 3 aromatic heterocycles. The molecule has 1 saturated carbocycles. The minimum absolute atomic E-state index is 0.121. The van der Waals surface area contributed by atoms with Crippen molar-refractivity contribution >= 4 is 28.7 Å². The summed E-state index contributed by atoms with van der Waals surface area (Å²) in [6.07, 6.45) is 10.6. The summed E-state index contributed by atoms with van der Waals surface area (Å²) in [6.45, 7) is 2.07. The maximum atomic E-state index is 13.0. The number of imidazole rings is 1. The summed E-state index contributed by atoms with van der Waals surface area (Å²) in [5.41, 5.74) is 1.52. The first-order chi connectivity index (χ1) is 14.2. The van der Waals surface area contributed by atoms with Crippen LogP contribution < -0.4 is 9.80 Å². The molecular weight excluding hydrogens is 386 g/mol. The molecular formula is C20H23N7OS. The lowest BCUT2D eigenvalue weighted by molar-refractivity contribution is -0.120. The lowest BCUT2D eigenvalue weighted by Gasteiger charge is -2.43.